The molecule has 0 spiro atoms. The normalized spacial score (nSPS) is 12.7. The van der Waals surface area contributed by atoms with Crippen molar-refractivity contribution < 1.29 is 28.6 Å². The SMILES string of the molecule is CC/C=C\C/C=C\C/C=C\CCCCCCCC(=O)OC[C@H](COC(=O)CCCCCC/C=C\C/C=C\C/C=C\CCCCC)OC(=O)CCCCCCCCCCCCC/C=C\CCCCCCCC. The highest BCUT2D eigenvalue weighted by molar-refractivity contribution is 5.71. The molecule has 0 heterocycles. The fourth-order valence-electron chi connectivity index (χ4n) is 8.34. The molecule has 0 aromatic carbocycles. The summed E-state index contributed by atoms with van der Waals surface area (Å²) in [6.07, 6.45) is 77.2. The third-order valence-corrected chi connectivity index (χ3v) is 12.9. The Morgan fingerprint density at radius 1 is 0.296 bits per heavy atom. The molecule has 0 saturated carbocycles. The molecule has 0 aliphatic carbocycles. The maximum Gasteiger partial charge on any atom is 0.306 e. The van der Waals surface area contributed by atoms with Crippen molar-refractivity contribution in [1.82, 2.24) is 0 Å². The summed E-state index contributed by atoms with van der Waals surface area (Å²) in [5.41, 5.74) is 0. The molecule has 0 unspecified atom stereocenters. The Balaban J connectivity index is 4.41. The van der Waals surface area contributed by atoms with Crippen LogP contribution >= 0.6 is 0 Å². The highest BCUT2D eigenvalue weighted by Gasteiger charge is 2.19. The molecule has 0 bridgehead atoms. The molecule has 0 rings (SSSR count). The molecule has 0 aliphatic heterocycles. The van der Waals surface area contributed by atoms with Gasteiger partial charge in [0.05, 0.1) is 0 Å². The predicted molar refractivity (Wildman–Crippen MR) is 307 cm³/mol. The summed E-state index contributed by atoms with van der Waals surface area (Å²) in [7, 11) is 0. The van der Waals surface area contributed by atoms with E-state index in [1.54, 1.807) is 0 Å². The Hall–Kier alpha value is -3.41. The largest absolute Gasteiger partial charge is 0.462 e. The maximum absolute atomic E-state index is 12.9. The van der Waals surface area contributed by atoms with Crippen molar-refractivity contribution >= 4 is 17.9 Å². The van der Waals surface area contributed by atoms with Gasteiger partial charge in [0.2, 0.25) is 0 Å². The van der Waals surface area contributed by atoms with Gasteiger partial charge in [0.25, 0.3) is 0 Å². The Labute approximate surface area is 439 Å². The average molecular weight is 990 g/mol. The van der Waals surface area contributed by atoms with E-state index in [9.17, 15) is 14.4 Å². The highest BCUT2D eigenvalue weighted by Crippen LogP contribution is 2.15. The van der Waals surface area contributed by atoms with Crippen LogP contribution in [-0.2, 0) is 28.6 Å². The van der Waals surface area contributed by atoms with Crippen LogP contribution in [0.4, 0.5) is 0 Å². The lowest BCUT2D eigenvalue weighted by atomic mass is 10.0. The number of allylic oxidation sites excluding steroid dienone is 14. The topological polar surface area (TPSA) is 78.9 Å². The molecule has 6 nitrogen and oxygen atoms in total. The molecule has 0 fully saturated rings. The van der Waals surface area contributed by atoms with Crippen LogP contribution < -0.4 is 0 Å². The van der Waals surface area contributed by atoms with Gasteiger partial charge < -0.3 is 14.2 Å². The van der Waals surface area contributed by atoms with Crippen molar-refractivity contribution in [3.63, 3.8) is 0 Å². The molecular formula is C65H112O6. The van der Waals surface area contributed by atoms with Crippen LogP contribution in [0, 0.1) is 0 Å². The van der Waals surface area contributed by atoms with Gasteiger partial charge >= 0.3 is 17.9 Å². The lowest BCUT2D eigenvalue weighted by Crippen LogP contribution is -2.30. The summed E-state index contributed by atoms with van der Waals surface area (Å²) in [6.45, 7) is 6.48. The van der Waals surface area contributed by atoms with Crippen LogP contribution in [0.25, 0.3) is 0 Å². The van der Waals surface area contributed by atoms with E-state index in [4.69, 9.17) is 14.2 Å². The van der Waals surface area contributed by atoms with Crippen molar-refractivity contribution in [2.75, 3.05) is 13.2 Å². The lowest BCUT2D eigenvalue weighted by molar-refractivity contribution is -0.167. The summed E-state index contributed by atoms with van der Waals surface area (Å²) < 4.78 is 16.9. The fourth-order valence-corrected chi connectivity index (χ4v) is 8.34. The zero-order valence-electron chi connectivity index (χ0n) is 46.7. The second-order valence-corrected chi connectivity index (χ2v) is 19.9. The van der Waals surface area contributed by atoms with Crippen molar-refractivity contribution in [2.24, 2.45) is 0 Å². The van der Waals surface area contributed by atoms with E-state index in [0.717, 1.165) is 122 Å². The van der Waals surface area contributed by atoms with E-state index >= 15 is 0 Å². The van der Waals surface area contributed by atoms with Gasteiger partial charge in [0.15, 0.2) is 6.10 Å². The first kappa shape index (κ1) is 67.6. The van der Waals surface area contributed by atoms with Crippen molar-refractivity contribution in [2.45, 2.75) is 297 Å². The van der Waals surface area contributed by atoms with Crippen LogP contribution in [0.5, 0.6) is 0 Å². The van der Waals surface area contributed by atoms with E-state index in [0.29, 0.717) is 19.3 Å². The number of rotatable bonds is 54. The third-order valence-electron chi connectivity index (χ3n) is 12.9. The van der Waals surface area contributed by atoms with Crippen molar-refractivity contribution in [1.29, 1.82) is 0 Å². The van der Waals surface area contributed by atoms with Gasteiger partial charge in [0, 0.05) is 19.3 Å². The molecule has 0 amide bonds. The summed E-state index contributed by atoms with van der Waals surface area (Å²) in [5, 5.41) is 0. The number of ether oxygens (including phenoxy) is 3. The quantitative estimate of drug-likeness (QED) is 0.0261. The molecule has 0 radical (unpaired) electrons. The first-order valence-corrected chi connectivity index (χ1v) is 30.1. The molecule has 6 heteroatoms. The minimum atomic E-state index is -0.795. The first-order chi connectivity index (χ1) is 35.0. The van der Waals surface area contributed by atoms with E-state index in [1.807, 2.05) is 0 Å². The third kappa shape index (κ3) is 57.4. The minimum absolute atomic E-state index is 0.0926. The zero-order valence-corrected chi connectivity index (χ0v) is 46.7. The van der Waals surface area contributed by atoms with E-state index in [2.05, 4.69) is 106 Å². The summed E-state index contributed by atoms with van der Waals surface area (Å²) in [6, 6.07) is 0. The van der Waals surface area contributed by atoms with Gasteiger partial charge in [-0.15, -0.1) is 0 Å². The number of carbonyl (C=O) groups is 3. The maximum atomic E-state index is 12.9. The molecule has 0 aliphatic rings. The van der Waals surface area contributed by atoms with Crippen molar-refractivity contribution in [3.05, 3.63) is 85.1 Å². The number of esters is 3. The Morgan fingerprint density at radius 2 is 0.549 bits per heavy atom. The van der Waals surface area contributed by atoms with E-state index < -0.39 is 6.10 Å². The molecule has 71 heavy (non-hydrogen) atoms. The molecule has 0 aromatic heterocycles. The standard InChI is InChI=1S/C65H112O6/c1-4-7-10-13-16-19-22-25-28-30-31-32-33-35-38-41-44-47-50-53-56-59-65(68)71-62(60-69-63(66)57-54-51-48-45-42-39-36-27-24-21-18-15-12-9-6-3)61-70-64(67)58-55-52-49-46-43-40-37-34-29-26-23-20-17-14-11-8-5-2/h9,12,17-18,20-21,25-29,36-37,40,62H,4-8,10-11,13-16,19,22-24,30-35,38-39,41-61H2,1-3H3/b12-9-,20-17-,21-18-,28-25-,29-26-,36-27-,40-37-/t62-/m1/s1. The highest BCUT2D eigenvalue weighted by atomic mass is 16.6. The predicted octanol–water partition coefficient (Wildman–Crippen LogP) is 20.3. The number of hydrogen-bond donors (Lipinski definition) is 0. The van der Waals surface area contributed by atoms with Gasteiger partial charge in [-0.25, -0.2) is 0 Å². The molecule has 0 aromatic rings. The minimum Gasteiger partial charge on any atom is -0.462 e. The van der Waals surface area contributed by atoms with Crippen molar-refractivity contribution in [3.8, 4) is 0 Å². The van der Waals surface area contributed by atoms with Gasteiger partial charge in [-0.1, -0.05) is 241 Å². The summed E-state index contributed by atoms with van der Waals surface area (Å²) in [4.78, 5) is 38.2. The van der Waals surface area contributed by atoms with Gasteiger partial charge in [-0.2, -0.15) is 0 Å². The van der Waals surface area contributed by atoms with Crippen LogP contribution in [0.3, 0.4) is 0 Å². The Morgan fingerprint density at radius 3 is 0.901 bits per heavy atom. The molecule has 0 saturated heterocycles. The lowest BCUT2D eigenvalue weighted by Gasteiger charge is -2.18. The van der Waals surface area contributed by atoms with Gasteiger partial charge in [-0.05, 0) is 116 Å². The van der Waals surface area contributed by atoms with E-state index in [1.165, 1.54) is 128 Å². The number of hydrogen-bond acceptors (Lipinski definition) is 6. The van der Waals surface area contributed by atoms with Gasteiger partial charge in [0.1, 0.15) is 13.2 Å². The fraction of sp³-hybridized carbons (Fsp3) is 0.738. The van der Waals surface area contributed by atoms with Crippen LogP contribution in [-0.4, -0.2) is 37.2 Å². The van der Waals surface area contributed by atoms with Crippen LogP contribution in [0.15, 0.2) is 85.1 Å². The van der Waals surface area contributed by atoms with E-state index in [-0.39, 0.29) is 31.1 Å². The Bertz CT molecular complexity index is 1370. The summed E-state index contributed by atoms with van der Waals surface area (Å²) >= 11 is 0. The van der Waals surface area contributed by atoms with Crippen LogP contribution in [0.2, 0.25) is 0 Å². The average Bonchev–Trinajstić information content (AvgIpc) is 3.37. The number of carbonyl (C=O) groups excluding carboxylic acids is 3. The van der Waals surface area contributed by atoms with Gasteiger partial charge in [-0.3, -0.25) is 14.4 Å². The van der Waals surface area contributed by atoms with Crippen LogP contribution in [0.1, 0.15) is 290 Å². The summed E-state index contributed by atoms with van der Waals surface area (Å²) in [5.74, 6) is -0.922. The molecule has 0 N–H and O–H groups in total. The molecule has 408 valence electrons. The number of unbranched alkanes of at least 4 members (excludes halogenated alkanes) is 29. The second-order valence-electron chi connectivity index (χ2n) is 19.9. The molecular weight excluding hydrogens is 877 g/mol. The zero-order chi connectivity index (χ0) is 51.4. The first-order valence-electron chi connectivity index (χ1n) is 30.1. The second kappa shape index (κ2) is 59.2. The molecule has 1 atom stereocenters. The smallest absolute Gasteiger partial charge is 0.306 e. The monoisotopic (exact) mass is 989 g/mol. The Kier molecular flexibility index (Phi) is 56.3.